The molecule has 6 heteroatoms. The quantitative estimate of drug-likeness (QED) is 0.563. The van der Waals surface area contributed by atoms with Gasteiger partial charge in [0, 0.05) is 27.4 Å². The van der Waals surface area contributed by atoms with Gasteiger partial charge in [-0.05, 0) is 51.8 Å². The van der Waals surface area contributed by atoms with Crippen LogP contribution in [-0.2, 0) is 14.3 Å². The fraction of sp³-hybridized carbons (Fsp3) is 0.381. The van der Waals surface area contributed by atoms with Crippen LogP contribution in [0.4, 0.5) is 5.69 Å². The zero-order chi connectivity index (χ0) is 20.1. The van der Waals surface area contributed by atoms with E-state index in [1.807, 2.05) is 52.8 Å². The van der Waals surface area contributed by atoms with Crippen molar-refractivity contribution in [2.24, 2.45) is 0 Å². The van der Waals surface area contributed by atoms with Gasteiger partial charge in [-0.3, -0.25) is 14.4 Å². The molecule has 0 atom stereocenters. The first-order valence-electron chi connectivity index (χ1n) is 8.81. The maximum Gasteiger partial charge on any atom is 0.306 e. The molecule has 0 unspecified atom stereocenters. The van der Waals surface area contributed by atoms with E-state index in [1.54, 1.807) is 11.3 Å². The Hall–Kier alpha value is -2.47. The molecule has 1 heterocycles. The van der Waals surface area contributed by atoms with E-state index in [1.165, 1.54) is 0 Å². The molecule has 144 valence electrons. The van der Waals surface area contributed by atoms with E-state index < -0.39 is 11.9 Å². The number of esters is 1. The summed E-state index contributed by atoms with van der Waals surface area (Å²) in [5, 5.41) is 2.78. The van der Waals surface area contributed by atoms with Crippen molar-refractivity contribution in [2.45, 2.75) is 47.5 Å². The number of aryl methyl sites for hydroxylation is 5. The fourth-order valence-corrected chi connectivity index (χ4v) is 3.97. The van der Waals surface area contributed by atoms with Crippen LogP contribution in [0.15, 0.2) is 18.2 Å². The van der Waals surface area contributed by atoms with Crippen molar-refractivity contribution in [3.8, 4) is 0 Å². The normalized spacial score (nSPS) is 10.6. The highest BCUT2D eigenvalue weighted by Gasteiger charge is 2.15. The Bertz CT molecular complexity index is 859. The van der Waals surface area contributed by atoms with Gasteiger partial charge in [-0.15, -0.1) is 11.3 Å². The summed E-state index contributed by atoms with van der Waals surface area (Å²) >= 11 is 1.56. The van der Waals surface area contributed by atoms with E-state index in [0.717, 1.165) is 32.1 Å². The van der Waals surface area contributed by atoms with Crippen LogP contribution in [0.1, 0.15) is 49.6 Å². The average molecular weight is 388 g/mol. The fourth-order valence-electron chi connectivity index (χ4n) is 3.03. The molecule has 0 spiro atoms. The van der Waals surface area contributed by atoms with Crippen molar-refractivity contribution >= 4 is 34.7 Å². The van der Waals surface area contributed by atoms with Gasteiger partial charge in [-0.1, -0.05) is 17.7 Å². The van der Waals surface area contributed by atoms with Gasteiger partial charge in [0.2, 0.25) is 0 Å². The number of benzene rings is 1. The first-order valence-corrected chi connectivity index (χ1v) is 9.62. The zero-order valence-electron chi connectivity index (χ0n) is 16.4. The summed E-state index contributed by atoms with van der Waals surface area (Å²) in [5.74, 6) is -1.03. The lowest BCUT2D eigenvalue weighted by atomic mass is 10.1. The van der Waals surface area contributed by atoms with Crippen molar-refractivity contribution in [3.05, 3.63) is 50.2 Å². The van der Waals surface area contributed by atoms with Crippen molar-refractivity contribution < 1.29 is 19.1 Å². The molecule has 0 fully saturated rings. The number of rotatable bonds is 7. The molecule has 0 aliphatic heterocycles. The summed E-state index contributed by atoms with van der Waals surface area (Å²) in [4.78, 5) is 38.1. The van der Waals surface area contributed by atoms with Gasteiger partial charge in [0.05, 0.1) is 6.42 Å². The second-order valence-corrected chi connectivity index (χ2v) is 8.19. The number of ether oxygens (including phenoxy) is 1. The number of anilines is 1. The Morgan fingerprint density at radius 2 is 1.59 bits per heavy atom. The van der Waals surface area contributed by atoms with Gasteiger partial charge in [0.25, 0.3) is 5.91 Å². The number of nitrogens with one attached hydrogen (secondary N) is 1. The topological polar surface area (TPSA) is 72.5 Å². The molecular formula is C21H25NO4S. The third kappa shape index (κ3) is 5.76. The zero-order valence-corrected chi connectivity index (χ0v) is 17.2. The average Bonchev–Trinajstić information content (AvgIpc) is 2.92. The molecule has 1 amide bonds. The van der Waals surface area contributed by atoms with Gasteiger partial charge in [-0.2, -0.15) is 0 Å². The molecule has 2 rings (SSSR count). The molecule has 0 aliphatic rings. The summed E-state index contributed by atoms with van der Waals surface area (Å²) in [6, 6.07) is 5.80. The number of hydrogen-bond acceptors (Lipinski definition) is 5. The van der Waals surface area contributed by atoms with Gasteiger partial charge in [0.1, 0.15) is 0 Å². The van der Waals surface area contributed by atoms with Crippen molar-refractivity contribution in [2.75, 3.05) is 11.9 Å². The first-order chi connectivity index (χ1) is 12.7. The van der Waals surface area contributed by atoms with Crippen LogP contribution in [0.2, 0.25) is 0 Å². The smallest absolute Gasteiger partial charge is 0.306 e. The lowest BCUT2D eigenvalue weighted by Gasteiger charge is -2.13. The molecule has 2 aromatic rings. The first kappa shape index (κ1) is 20.8. The highest BCUT2D eigenvalue weighted by molar-refractivity contribution is 7.12. The third-order valence-corrected chi connectivity index (χ3v) is 5.17. The largest absolute Gasteiger partial charge is 0.456 e. The lowest BCUT2D eigenvalue weighted by molar-refractivity contribution is -0.147. The van der Waals surface area contributed by atoms with E-state index >= 15 is 0 Å². The van der Waals surface area contributed by atoms with Crippen LogP contribution in [0.5, 0.6) is 0 Å². The Morgan fingerprint density at radius 3 is 2.15 bits per heavy atom. The molecule has 1 aromatic heterocycles. The van der Waals surface area contributed by atoms with Gasteiger partial charge in [-0.25, -0.2) is 0 Å². The number of ketones is 1. The number of amides is 1. The third-order valence-electron chi connectivity index (χ3n) is 4.20. The molecular weight excluding hydrogens is 362 g/mol. The minimum absolute atomic E-state index is 0.0387. The van der Waals surface area contributed by atoms with E-state index in [2.05, 4.69) is 5.32 Å². The number of carbonyl (C=O) groups excluding carboxylic acids is 3. The van der Waals surface area contributed by atoms with Crippen LogP contribution in [0.3, 0.4) is 0 Å². The molecule has 1 N–H and O–H groups in total. The molecule has 5 nitrogen and oxygen atoms in total. The molecule has 0 radical (unpaired) electrons. The predicted molar refractivity (Wildman–Crippen MR) is 108 cm³/mol. The summed E-state index contributed by atoms with van der Waals surface area (Å²) in [7, 11) is 0. The van der Waals surface area contributed by atoms with E-state index in [0.29, 0.717) is 5.56 Å². The minimum atomic E-state index is -0.555. The summed E-state index contributed by atoms with van der Waals surface area (Å²) < 4.78 is 5.00. The number of carbonyl (C=O) groups is 3. The van der Waals surface area contributed by atoms with Crippen molar-refractivity contribution in [1.29, 1.82) is 0 Å². The van der Waals surface area contributed by atoms with Gasteiger partial charge < -0.3 is 10.1 Å². The Labute approximate surface area is 163 Å². The molecule has 0 saturated heterocycles. The summed E-state index contributed by atoms with van der Waals surface area (Å²) in [5.41, 5.74) is 4.43. The Kier molecular flexibility index (Phi) is 6.91. The van der Waals surface area contributed by atoms with Crippen molar-refractivity contribution in [3.63, 3.8) is 0 Å². The van der Waals surface area contributed by atoms with Crippen LogP contribution >= 0.6 is 11.3 Å². The number of hydrogen-bond donors (Lipinski definition) is 1. The maximum atomic E-state index is 12.2. The SMILES string of the molecule is Cc1cc(C)c(NC(=O)COC(=O)CCC(=O)c2cc(C)sc2C)c(C)c1. The summed E-state index contributed by atoms with van der Waals surface area (Å²) in [6.07, 6.45) is 0.0384. The minimum Gasteiger partial charge on any atom is -0.456 e. The second kappa shape index (κ2) is 8.95. The predicted octanol–water partition coefficient (Wildman–Crippen LogP) is 4.44. The van der Waals surface area contributed by atoms with Crippen LogP contribution in [-0.4, -0.2) is 24.3 Å². The van der Waals surface area contributed by atoms with Crippen molar-refractivity contribution in [1.82, 2.24) is 0 Å². The maximum absolute atomic E-state index is 12.2. The monoisotopic (exact) mass is 387 g/mol. The van der Waals surface area contributed by atoms with E-state index in [9.17, 15) is 14.4 Å². The van der Waals surface area contributed by atoms with E-state index in [-0.39, 0.29) is 25.2 Å². The second-order valence-electron chi connectivity index (χ2n) is 6.73. The van der Waals surface area contributed by atoms with E-state index in [4.69, 9.17) is 4.74 Å². The van der Waals surface area contributed by atoms with Crippen LogP contribution in [0, 0.1) is 34.6 Å². The van der Waals surface area contributed by atoms with Crippen LogP contribution < -0.4 is 5.32 Å². The molecule has 27 heavy (non-hydrogen) atoms. The molecule has 0 saturated carbocycles. The highest BCUT2D eigenvalue weighted by Crippen LogP contribution is 2.23. The summed E-state index contributed by atoms with van der Waals surface area (Å²) in [6.45, 7) is 9.30. The number of Topliss-reactive ketones (excluding diaryl/α,β-unsaturated/α-hetero) is 1. The Balaban J connectivity index is 1.81. The van der Waals surface area contributed by atoms with Gasteiger partial charge in [0.15, 0.2) is 12.4 Å². The highest BCUT2D eigenvalue weighted by atomic mass is 32.1. The van der Waals surface area contributed by atoms with Crippen LogP contribution in [0.25, 0.3) is 0 Å². The molecule has 1 aromatic carbocycles. The Morgan fingerprint density at radius 1 is 0.963 bits per heavy atom. The molecule has 0 aliphatic carbocycles. The number of thiophene rings is 1. The lowest BCUT2D eigenvalue weighted by Crippen LogP contribution is -2.22. The standard InChI is InChI=1S/C21H25NO4S/c1-12-8-13(2)21(14(3)9-12)22-19(24)11-26-20(25)7-6-18(23)17-10-15(4)27-16(17)5/h8-10H,6-7,11H2,1-5H3,(H,22,24). The van der Waals surface area contributed by atoms with Gasteiger partial charge >= 0.3 is 5.97 Å². The molecule has 0 bridgehead atoms.